The third-order valence-electron chi connectivity index (χ3n) is 5.71. The molecule has 202 valence electrons. The summed E-state index contributed by atoms with van der Waals surface area (Å²) in [5.41, 5.74) is 0.202. The SMILES string of the molecule is CCCN(C(=O)C(CO)NC(=O)OC(C)(C)C)C(C(=O)Nc1ccc2ccccc2c1)c1ccc(O)cc1. The number of anilines is 1. The molecule has 0 aliphatic heterocycles. The minimum atomic E-state index is -1.33. The Labute approximate surface area is 222 Å². The van der Waals surface area contributed by atoms with Gasteiger partial charge in [0.15, 0.2) is 0 Å². The molecule has 0 aromatic heterocycles. The average molecular weight is 522 g/mol. The van der Waals surface area contributed by atoms with Gasteiger partial charge in [0.1, 0.15) is 23.4 Å². The number of nitrogens with one attached hydrogen (secondary N) is 2. The van der Waals surface area contributed by atoms with Gasteiger partial charge in [0.05, 0.1) is 6.61 Å². The van der Waals surface area contributed by atoms with E-state index in [9.17, 15) is 24.6 Å². The molecule has 0 spiro atoms. The highest BCUT2D eigenvalue weighted by atomic mass is 16.6. The van der Waals surface area contributed by atoms with Crippen LogP contribution in [0.2, 0.25) is 0 Å². The number of aromatic hydroxyl groups is 1. The van der Waals surface area contributed by atoms with Crippen molar-refractivity contribution in [3.63, 3.8) is 0 Å². The van der Waals surface area contributed by atoms with Gasteiger partial charge in [0.25, 0.3) is 5.91 Å². The number of hydrogen-bond acceptors (Lipinski definition) is 6. The number of phenols is 1. The van der Waals surface area contributed by atoms with Crippen molar-refractivity contribution in [2.24, 2.45) is 0 Å². The van der Waals surface area contributed by atoms with Crippen LogP contribution in [0.4, 0.5) is 10.5 Å². The van der Waals surface area contributed by atoms with Gasteiger partial charge in [-0.2, -0.15) is 0 Å². The molecule has 0 radical (unpaired) electrons. The van der Waals surface area contributed by atoms with Crippen molar-refractivity contribution < 1.29 is 29.3 Å². The number of aliphatic hydroxyl groups is 1. The molecule has 3 amide bonds. The molecule has 9 nitrogen and oxygen atoms in total. The Balaban J connectivity index is 1.95. The first kappa shape index (κ1) is 28.5. The molecule has 0 fully saturated rings. The fourth-order valence-electron chi connectivity index (χ4n) is 4.05. The van der Waals surface area contributed by atoms with Crippen molar-refractivity contribution in [3.8, 4) is 5.75 Å². The summed E-state index contributed by atoms with van der Waals surface area (Å²) in [4.78, 5) is 41.0. The van der Waals surface area contributed by atoms with Gasteiger partial charge in [-0.15, -0.1) is 0 Å². The fraction of sp³-hybridized carbons (Fsp3) is 0.345. The minimum Gasteiger partial charge on any atom is -0.508 e. The number of amides is 3. The largest absolute Gasteiger partial charge is 0.508 e. The van der Waals surface area contributed by atoms with Crippen LogP contribution in [-0.2, 0) is 14.3 Å². The molecule has 0 heterocycles. The number of carbonyl (C=O) groups excluding carboxylic acids is 3. The number of aliphatic hydroxyl groups excluding tert-OH is 1. The minimum absolute atomic E-state index is 0.00984. The molecule has 0 aliphatic carbocycles. The molecule has 38 heavy (non-hydrogen) atoms. The summed E-state index contributed by atoms with van der Waals surface area (Å²) in [5, 5.41) is 27.0. The van der Waals surface area contributed by atoms with Crippen LogP contribution < -0.4 is 10.6 Å². The second kappa shape index (κ2) is 12.4. The lowest BCUT2D eigenvalue weighted by Crippen LogP contribution is -2.54. The van der Waals surface area contributed by atoms with Gasteiger partial charge < -0.3 is 30.5 Å². The van der Waals surface area contributed by atoms with E-state index < -0.39 is 42.2 Å². The predicted molar refractivity (Wildman–Crippen MR) is 146 cm³/mol. The van der Waals surface area contributed by atoms with Crippen LogP contribution in [0.3, 0.4) is 0 Å². The van der Waals surface area contributed by atoms with Crippen LogP contribution in [0.25, 0.3) is 10.8 Å². The Bertz CT molecular complexity index is 1270. The van der Waals surface area contributed by atoms with Gasteiger partial charge in [0.2, 0.25) is 5.91 Å². The maximum Gasteiger partial charge on any atom is 0.408 e. The average Bonchev–Trinajstić information content (AvgIpc) is 2.86. The third-order valence-corrected chi connectivity index (χ3v) is 5.71. The van der Waals surface area contributed by atoms with Crippen LogP contribution >= 0.6 is 0 Å². The Morgan fingerprint density at radius 1 is 0.974 bits per heavy atom. The molecule has 0 aliphatic rings. The maximum absolute atomic E-state index is 13.7. The van der Waals surface area contributed by atoms with Crippen LogP contribution in [0.5, 0.6) is 5.75 Å². The van der Waals surface area contributed by atoms with E-state index in [0.29, 0.717) is 17.7 Å². The number of nitrogens with zero attached hydrogens (tertiary/aromatic N) is 1. The molecule has 0 saturated heterocycles. The highest BCUT2D eigenvalue weighted by Crippen LogP contribution is 2.27. The Kier molecular flexibility index (Phi) is 9.30. The first-order valence-corrected chi connectivity index (χ1v) is 12.5. The summed E-state index contributed by atoms with van der Waals surface area (Å²) in [6.45, 7) is 6.39. The van der Waals surface area contributed by atoms with Gasteiger partial charge >= 0.3 is 6.09 Å². The number of carbonyl (C=O) groups is 3. The summed E-state index contributed by atoms with van der Waals surface area (Å²) in [6.07, 6.45) is -0.350. The summed E-state index contributed by atoms with van der Waals surface area (Å²) in [6, 6.07) is 16.8. The van der Waals surface area contributed by atoms with E-state index in [1.807, 2.05) is 43.3 Å². The molecule has 9 heteroatoms. The highest BCUT2D eigenvalue weighted by molar-refractivity contribution is 6.00. The van der Waals surface area contributed by atoms with Gasteiger partial charge in [0, 0.05) is 12.2 Å². The van der Waals surface area contributed by atoms with Crippen molar-refractivity contribution in [2.75, 3.05) is 18.5 Å². The van der Waals surface area contributed by atoms with E-state index in [1.165, 1.54) is 17.0 Å². The lowest BCUT2D eigenvalue weighted by atomic mass is 10.0. The summed E-state index contributed by atoms with van der Waals surface area (Å²) < 4.78 is 5.24. The second-order valence-corrected chi connectivity index (χ2v) is 9.96. The summed E-state index contributed by atoms with van der Waals surface area (Å²) in [7, 11) is 0. The fourth-order valence-corrected chi connectivity index (χ4v) is 4.05. The molecule has 0 saturated carbocycles. The van der Waals surface area contributed by atoms with Gasteiger partial charge in [-0.1, -0.05) is 49.4 Å². The number of fused-ring (bicyclic) bond motifs is 1. The summed E-state index contributed by atoms with van der Waals surface area (Å²) >= 11 is 0. The van der Waals surface area contributed by atoms with Crippen LogP contribution in [-0.4, -0.2) is 57.8 Å². The molecule has 3 rings (SSSR count). The molecule has 3 aromatic rings. The van der Waals surface area contributed by atoms with Crippen molar-refractivity contribution in [3.05, 3.63) is 72.3 Å². The van der Waals surface area contributed by atoms with Crippen LogP contribution in [0.1, 0.15) is 45.7 Å². The first-order chi connectivity index (χ1) is 18.0. The van der Waals surface area contributed by atoms with E-state index in [0.717, 1.165) is 10.8 Å². The van der Waals surface area contributed by atoms with E-state index in [-0.39, 0.29) is 12.3 Å². The number of ether oxygens (including phenoxy) is 1. The number of phenolic OH excluding ortho intramolecular Hbond substituents is 1. The Morgan fingerprint density at radius 2 is 1.63 bits per heavy atom. The molecule has 0 bridgehead atoms. The lowest BCUT2D eigenvalue weighted by molar-refractivity contribution is -0.141. The van der Waals surface area contributed by atoms with Crippen molar-refractivity contribution in [1.29, 1.82) is 0 Å². The van der Waals surface area contributed by atoms with Gasteiger partial charge in [-0.05, 0) is 67.8 Å². The summed E-state index contributed by atoms with van der Waals surface area (Å²) in [5.74, 6) is -1.12. The van der Waals surface area contributed by atoms with Crippen LogP contribution in [0.15, 0.2) is 66.7 Å². The van der Waals surface area contributed by atoms with Gasteiger partial charge in [-0.3, -0.25) is 9.59 Å². The van der Waals surface area contributed by atoms with E-state index in [1.54, 1.807) is 39.0 Å². The molecule has 4 N–H and O–H groups in total. The lowest BCUT2D eigenvalue weighted by Gasteiger charge is -2.34. The molecule has 2 atom stereocenters. The van der Waals surface area contributed by atoms with Crippen molar-refractivity contribution in [2.45, 2.75) is 51.8 Å². The smallest absolute Gasteiger partial charge is 0.408 e. The standard InChI is InChI=1S/C29H35N3O6/c1-5-16-32(27(36)24(18-33)31-28(37)38-29(2,3)4)25(20-11-14-23(34)15-12-20)26(35)30-22-13-10-19-8-6-7-9-21(19)17-22/h6-15,17,24-25,33-34H,5,16,18H2,1-4H3,(H,30,35)(H,31,37). The Hall–Kier alpha value is -4.11. The normalized spacial score (nSPS) is 12.9. The molecule has 3 aromatic carbocycles. The van der Waals surface area contributed by atoms with Crippen molar-refractivity contribution in [1.82, 2.24) is 10.2 Å². The Morgan fingerprint density at radius 3 is 2.24 bits per heavy atom. The number of alkyl carbamates (subject to hydrolysis) is 1. The van der Waals surface area contributed by atoms with E-state index in [4.69, 9.17) is 4.74 Å². The zero-order chi connectivity index (χ0) is 27.9. The zero-order valence-corrected chi connectivity index (χ0v) is 22.1. The topological polar surface area (TPSA) is 128 Å². The first-order valence-electron chi connectivity index (χ1n) is 12.5. The third kappa shape index (κ3) is 7.45. The quantitative estimate of drug-likeness (QED) is 0.331. The predicted octanol–water partition coefficient (Wildman–Crippen LogP) is 4.35. The molecular formula is C29H35N3O6. The second-order valence-electron chi connectivity index (χ2n) is 9.96. The number of rotatable bonds is 9. The van der Waals surface area contributed by atoms with E-state index >= 15 is 0 Å². The number of hydrogen-bond donors (Lipinski definition) is 4. The zero-order valence-electron chi connectivity index (χ0n) is 22.1. The molecular weight excluding hydrogens is 486 g/mol. The van der Waals surface area contributed by atoms with Crippen molar-refractivity contribution >= 4 is 34.4 Å². The molecule has 2 unspecified atom stereocenters. The van der Waals surface area contributed by atoms with Gasteiger partial charge in [-0.25, -0.2) is 4.79 Å². The monoisotopic (exact) mass is 521 g/mol. The van der Waals surface area contributed by atoms with E-state index in [2.05, 4.69) is 10.6 Å². The highest BCUT2D eigenvalue weighted by Gasteiger charge is 2.35. The maximum atomic E-state index is 13.7. The number of benzene rings is 3. The van der Waals surface area contributed by atoms with Crippen LogP contribution in [0, 0.1) is 0 Å².